The molecule has 0 unspecified atom stereocenters. The third kappa shape index (κ3) is 3.79. The van der Waals surface area contributed by atoms with Gasteiger partial charge in [0.2, 0.25) is 0 Å². The van der Waals surface area contributed by atoms with Crippen molar-refractivity contribution in [1.29, 1.82) is 0 Å². The Hall–Kier alpha value is 0.270. The number of hydrogen-bond acceptors (Lipinski definition) is 0. The molecule has 0 aliphatic heterocycles. The van der Waals surface area contributed by atoms with Gasteiger partial charge >= 0.3 is 0 Å². The number of hydrogen-bond donors (Lipinski definition) is 0. The Bertz CT molecular complexity index is 604. The van der Waals surface area contributed by atoms with Crippen LogP contribution < -0.4 is 0 Å². The molecule has 0 radical (unpaired) electrons. The molecule has 0 saturated heterocycles. The second-order valence-corrected chi connectivity index (χ2v) is 7.25. The van der Waals surface area contributed by atoms with E-state index in [9.17, 15) is 0 Å². The first-order valence-corrected chi connectivity index (χ1v) is 9.71. The van der Waals surface area contributed by atoms with Crippen LogP contribution in [0.4, 0.5) is 0 Å². The molecule has 0 fully saturated rings. The highest BCUT2D eigenvalue weighted by Gasteiger charge is 2.33. The number of alkyl halides is 2. The quantitative estimate of drug-likeness (QED) is 0.416. The summed E-state index contributed by atoms with van der Waals surface area (Å²) in [5, 5.41) is 3.61. The van der Waals surface area contributed by atoms with Gasteiger partial charge in [-0.2, -0.15) is 0 Å². The minimum absolute atomic E-state index is 0.215. The fourth-order valence-corrected chi connectivity index (χ4v) is 5.10. The summed E-state index contributed by atoms with van der Waals surface area (Å²) in [6.45, 7) is 0. The minimum atomic E-state index is -0.215. The summed E-state index contributed by atoms with van der Waals surface area (Å²) >= 11 is 26.3. The van der Waals surface area contributed by atoms with Gasteiger partial charge in [-0.3, -0.25) is 0 Å². The molecule has 0 amide bonds. The first-order valence-electron chi connectivity index (χ1n) is 6.34. The Morgan fingerprint density at radius 2 is 1.29 bits per heavy atom. The van der Waals surface area contributed by atoms with Gasteiger partial charge in [0.15, 0.2) is 0 Å². The summed E-state index contributed by atoms with van der Waals surface area (Å²) in [4.78, 5) is 0. The maximum Gasteiger partial charge on any atom is 0.0453 e. The van der Waals surface area contributed by atoms with Crippen molar-refractivity contribution in [2.45, 2.75) is 11.8 Å². The number of rotatable bonds is 5. The predicted octanol–water partition coefficient (Wildman–Crippen LogP) is 6.92. The van der Waals surface area contributed by atoms with Gasteiger partial charge in [0.05, 0.1) is 0 Å². The molecule has 0 heterocycles. The zero-order chi connectivity index (χ0) is 15.5. The molecule has 0 saturated carbocycles. The van der Waals surface area contributed by atoms with E-state index in [2.05, 4.69) is 37.9 Å². The molecule has 0 aromatic heterocycles. The fourth-order valence-electron chi connectivity index (χ4n) is 2.30. The number of benzene rings is 2. The van der Waals surface area contributed by atoms with Crippen molar-refractivity contribution in [2.24, 2.45) is 0 Å². The molecule has 0 bridgehead atoms. The van der Waals surface area contributed by atoms with Crippen molar-refractivity contribution in [2.75, 3.05) is 10.7 Å². The zero-order valence-electron chi connectivity index (χ0n) is 11.1. The fraction of sp³-hybridized carbons (Fsp3) is 0.250. The van der Waals surface area contributed by atoms with Crippen molar-refractivity contribution >= 4 is 66.7 Å². The Balaban J connectivity index is 2.51. The molecule has 2 aromatic carbocycles. The van der Waals surface area contributed by atoms with Crippen LogP contribution in [0.25, 0.3) is 0 Å². The van der Waals surface area contributed by atoms with Crippen LogP contribution in [0.3, 0.4) is 0 Å². The van der Waals surface area contributed by atoms with Gasteiger partial charge in [-0.05, 0) is 35.7 Å². The average molecular weight is 471 g/mol. The van der Waals surface area contributed by atoms with Gasteiger partial charge in [0, 0.05) is 31.1 Å². The van der Waals surface area contributed by atoms with Crippen LogP contribution >= 0.6 is 66.7 Å². The molecule has 2 aromatic rings. The van der Waals surface area contributed by atoms with Crippen LogP contribution in [0.15, 0.2) is 42.5 Å². The molecular weight excluding hydrogens is 458 g/mol. The molecule has 0 atom stereocenters. The minimum Gasteiger partial charge on any atom is -0.0918 e. The molecule has 0 nitrogen and oxygen atoms in total. The Kier molecular flexibility index (Phi) is 6.46. The van der Waals surface area contributed by atoms with Gasteiger partial charge in [0.25, 0.3) is 0 Å². The highest BCUT2D eigenvalue weighted by molar-refractivity contribution is 9.09. The van der Waals surface area contributed by atoms with Gasteiger partial charge in [-0.25, -0.2) is 0 Å². The van der Waals surface area contributed by atoms with Crippen molar-refractivity contribution in [3.05, 3.63) is 68.7 Å². The van der Waals surface area contributed by atoms with Crippen LogP contribution in [-0.2, 0) is 11.8 Å². The Morgan fingerprint density at radius 3 is 1.81 bits per heavy atom. The maximum atomic E-state index is 6.40. The zero-order valence-corrected chi connectivity index (χ0v) is 16.5. The van der Waals surface area contributed by atoms with E-state index < -0.39 is 0 Å². The topological polar surface area (TPSA) is 0 Å². The second kappa shape index (κ2) is 7.70. The Labute approximate surface area is 157 Å². The lowest BCUT2D eigenvalue weighted by atomic mass is 9.79. The van der Waals surface area contributed by atoms with Crippen molar-refractivity contribution in [1.82, 2.24) is 0 Å². The third-order valence-corrected chi connectivity index (χ3v) is 6.72. The molecule has 21 heavy (non-hydrogen) atoms. The highest BCUT2D eigenvalue weighted by atomic mass is 79.9. The molecule has 0 aliphatic carbocycles. The first-order chi connectivity index (χ1) is 10.0. The summed E-state index contributed by atoms with van der Waals surface area (Å²) in [5.74, 6) is 0. The van der Waals surface area contributed by atoms with Gasteiger partial charge in [-0.15, -0.1) is 0 Å². The van der Waals surface area contributed by atoms with Crippen LogP contribution in [0.1, 0.15) is 11.1 Å². The van der Waals surface area contributed by atoms with E-state index in [1.165, 1.54) is 0 Å². The van der Waals surface area contributed by atoms with E-state index in [-0.39, 0.29) is 5.41 Å². The normalized spacial score (nSPS) is 11.7. The average Bonchev–Trinajstić information content (AvgIpc) is 2.49. The molecule has 5 heteroatoms. The smallest absolute Gasteiger partial charge is 0.0453 e. The van der Waals surface area contributed by atoms with E-state index in [4.69, 9.17) is 34.8 Å². The molecule has 0 spiro atoms. The van der Waals surface area contributed by atoms with E-state index >= 15 is 0 Å². The van der Waals surface area contributed by atoms with Crippen LogP contribution in [-0.4, -0.2) is 10.7 Å². The number of halogens is 5. The monoisotopic (exact) mass is 468 g/mol. The van der Waals surface area contributed by atoms with Crippen molar-refractivity contribution in [3.63, 3.8) is 0 Å². The van der Waals surface area contributed by atoms with Gasteiger partial charge in [0.1, 0.15) is 0 Å². The van der Waals surface area contributed by atoms with E-state index in [0.717, 1.165) is 26.8 Å². The maximum absolute atomic E-state index is 6.40. The second-order valence-electron chi connectivity index (χ2n) is 4.90. The summed E-state index contributed by atoms with van der Waals surface area (Å²) in [7, 11) is 0. The highest BCUT2D eigenvalue weighted by Crippen LogP contribution is 2.39. The molecule has 112 valence electrons. The van der Waals surface area contributed by atoms with Gasteiger partial charge in [-0.1, -0.05) is 90.9 Å². The van der Waals surface area contributed by atoms with Crippen LogP contribution in [0.2, 0.25) is 15.1 Å². The Morgan fingerprint density at radius 1 is 0.762 bits per heavy atom. The molecule has 0 N–H and O–H groups in total. The first kappa shape index (κ1) is 17.6. The standard InChI is InChI=1S/C16H13Br2Cl3/c17-9-16(10-18,12-4-1-2-5-15(12)21)8-11-13(19)6-3-7-14(11)20/h1-7H,8-10H2. The summed E-state index contributed by atoms with van der Waals surface area (Å²) < 4.78 is 0. The van der Waals surface area contributed by atoms with E-state index in [1.54, 1.807) is 0 Å². The lowest BCUT2D eigenvalue weighted by Gasteiger charge is -2.32. The predicted molar refractivity (Wildman–Crippen MR) is 101 cm³/mol. The lowest BCUT2D eigenvalue weighted by molar-refractivity contribution is 0.551. The lowest BCUT2D eigenvalue weighted by Crippen LogP contribution is -2.33. The molecule has 0 aliphatic rings. The van der Waals surface area contributed by atoms with Crippen molar-refractivity contribution in [3.8, 4) is 0 Å². The van der Waals surface area contributed by atoms with E-state index in [0.29, 0.717) is 16.5 Å². The summed E-state index contributed by atoms with van der Waals surface area (Å²) in [6.07, 6.45) is 0.700. The molecular formula is C16H13Br2Cl3. The molecule has 2 rings (SSSR count). The van der Waals surface area contributed by atoms with Crippen LogP contribution in [0.5, 0.6) is 0 Å². The SMILES string of the molecule is Clc1ccccc1C(CBr)(CBr)Cc1c(Cl)cccc1Cl. The summed E-state index contributed by atoms with van der Waals surface area (Å²) in [5.41, 5.74) is 1.81. The third-order valence-electron chi connectivity index (χ3n) is 3.53. The van der Waals surface area contributed by atoms with Crippen LogP contribution in [0, 0.1) is 0 Å². The van der Waals surface area contributed by atoms with Crippen molar-refractivity contribution < 1.29 is 0 Å². The largest absolute Gasteiger partial charge is 0.0918 e. The summed E-state index contributed by atoms with van der Waals surface area (Å²) in [6, 6.07) is 13.5. The van der Waals surface area contributed by atoms with Gasteiger partial charge < -0.3 is 0 Å². The van der Waals surface area contributed by atoms with E-state index in [1.807, 2.05) is 36.4 Å².